The van der Waals surface area contributed by atoms with E-state index in [0.717, 1.165) is 54.8 Å². The molecule has 0 unspecified atom stereocenters. The molecule has 6 heteroatoms. The summed E-state index contributed by atoms with van der Waals surface area (Å²) in [6.07, 6.45) is 5.23. The number of fused-ring (bicyclic) bond motifs is 1. The molecule has 34 heavy (non-hydrogen) atoms. The number of ether oxygens (including phenoxy) is 1. The van der Waals surface area contributed by atoms with Crippen LogP contribution in [-0.4, -0.2) is 33.6 Å². The molecule has 4 aromatic rings. The molecule has 1 amide bonds. The van der Waals surface area contributed by atoms with Crippen LogP contribution in [-0.2, 0) is 13.0 Å². The van der Waals surface area contributed by atoms with E-state index in [1.165, 1.54) is 11.1 Å². The van der Waals surface area contributed by atoms with Crippen LogP contribution in [0.4, 0.5) is 0 Å². The topological polar surface area (TPSA) is 69.0 Å². The van der Waals surface area contributed by atoms with Gasteiger partial charge in [0.05, 0.1) is 17.6 Å². The van der Waals surface area contributed by atoms with Gasteiger partial charge in [0.25, 0.3) is 5.91 Å². The number of aryl methyl sites for hydroxylation is 3. The number of hydrogen-bond acceptors (Lipinski definition) is 4. The van der Waals surface area contributed by atoms with Gasteiger partial charge in [-0.1, -0.05) is 30.3 Å². The molecule has 0 atom stereocenters. The van der Waals surface area contributed by atoms with Crippen molar-refractivity contribution in [1.82, 2.24) is 19.9 Å². The predicted octanol–water partition coefficient (Wildman–Crippen LogP) is 5.27. The number of carbonyl (C=O) groups is 1. The third-order valence-corrected chi connectivity index (χ3v) is 6.08. The molecule has 2 heterocycles. The molecule has 4 rings (SSSR count). The number of rotatable bonds is 11. The normalized spacial score (nSPS) is 11.0. The van der Waals surface area contributed by atoms with Crippen LogP contribution in [0.15, 0.2) is 66.9 Å². The Kier molecular flexibility index (Phi) is 7.91. The predicted molar refractivity (Wildman–Crippen MR) is 135 cm³/mol. The van der Waals surface area contributed by atoms with Crippen molar-refractivity contribution in [1.29, 1.82) is 0 Å². The molecule has 0 fully saturated rings. The number of pyridine rings is 1. The highest BCUT2D eigenvalue weighted by atomic mass is 16.5. The minimum absolute atomic E-state index is 0.141. The summed E-state index contributed by atoms with van der Waals surface area (Å²) < 4.78 is 8.34. The summed E-state index contributed by atoms with van der Waals surface area (Å²) in [5.74, 6) is 1.89. The number of benzene rings is 2. The molecule has 0 aliphatic heterocycles. The molecule has 2 aromatic heterocycles. The van der Waals surface area contributed by atoms with Gasteiger partial charge in [-0.05, 0) is 74.6 Å². The lowest BCUT2D eigenvalue weighted by Gasteiger charge is -2.12. The zero-order valence-electron chi connectivity index (χ0n) is 20.0. The maximum absolute atomic E-state index is 12.2. The van der Waals surface area contributed by atoms with Crippen molar-refractivity contribution >= 4 is 16.9 Å². The van der Waals surface area contributed by atoms with Gasteiger partial charge in [0.2, 0.25) is 0 Å². The van der Waals surface area contributed by atoms with Crippen molar-refractivity contribution in [3.05, 3.63) is 89.5 Å². The van der Waals surface area contributed by atoms with E-state index in [-0.39, 0.29) is 5.91 Å². The van der Waals surface area contributed by atoms with E-state index in [1.54, 1.807) is 18.3 Å². The van der Waals surface area contributed by atoms with Crippen LogP contribution < -0.4 is 10.1 Å². The Morgan fingerprint density at radius 2 is 1.82 bits per heavy atom. The third kappa shape index (κ3) is 5.81. The summed E-state index contributed by atoms with van der Waals surface area (Å²) in [4.78, 5) is 21.2. The molecule has 1 N–H and O–H groups in total. The van der Waals surface area contributed by atoms with Crippen LogP contribution in [0.25, 0.3) is 11.0 Å². The minimum Gasteiger partial charge on any atom is -0.493 e. The lowest BCUT2D eigenvalue weighted by molar-refractivity contribution is 0.0948. The van der Waals surface area contributed by atoms with Crippen molar-refractivity contribution in [2.75, 3.05) is 13.2 Å². The summed E-state index contributed by atoms with van der Waals surface area (Å²) in [5, 5.41) is 2.95. The summed E-state index contributed by atoms with van der Waals surface area (Å²) in [6.45, 7) is 6.39. The van der Waals surface area contributed by atoms with E-state index in [2.05, 4.69) is 53.0 Å². The van der Waals surface area contributed by atoms with Crippen molar-refractivity contribution in [2.24, 2.45) is 0 Å². The van der Waals surface area contributed by atoms with Gasteiger partial charge in [-0.3, -0.25) is 9.78 Å². The minimum atomic E-state index is -0.141. The molecule has 0 radical (unpaired) electrons. The first-order chi connectivity index (χ1) is 16.6. The molecule has 176 valence electrons. The van der Waals surface area contributed by atoms with E-state index in [1.807, 2.05) is 24.3 Å². The monoisotopic (exact) mass is 456 g/mol. The average molecular weight is 457 g/mol. The number of unbranched alkanes of at least 4 members (excludes halogenated alkanes) is 1. The van der Waals surface area contributed by atoms with E-state index in [9.17, 15) is 4.79 Å². The molecule has 0 aliphatic carbocycles. The lowest BCUT2D eigenvalue weighted by Crippen LogP contribution is -2.25. The van der Waals surface area contributed by atoms with Gasteiger partial charge in [0.15, 0.2) is 0 Å². The molecule has 0 saturated carbocycles. The Bertz CT molecular complexity index is 1230. The van der Waals surface area contributed by atoms with Gasteiger partial charge >= 0.3 is 0 Å². The number of carbonyl (C=O) groups excluding carboxylic acids is 1. The lowest BCUT2D eigenvalue weighted by atomic mass is 10.1. The summed E-state index contributed by atoms with van der Waals surface area (Å²) >= 11 is 0. The Hall–Kier alpha value is -3.67. The number of para-hydroxylation sites is 2. The average Bonchev–Trinajstić information content (AvgIpc) is 3.22. The van der Waals surface area contributed by atoms with Gasteiger partial charge in [-0.25, -0.2) is 4.98 Å². The number of amides is 1. The highest BCUT2D eigenvalue weighted by Gasteiger charge is 2.11. The number of nitrogens with zero attached hydrogens (tertiary/aromatic N) is 3. The largest absolute Gasteiger partial charge is 0.493 e. The van der Waals surface area contributed by atoms with Gasteiger partial charge in [0, 0.05) is 25.7 Å². The first-order valence-corrected chi connectivity index (χ1v) is 12.0. The number of hydrogen-bond donors (Lipinski definition) is 1. The van der Waals surface area contributed by atoms with E-state index < -0.39 is 0 Å². The van der Waals surface area contributed by atoms with Crippen LogP contribution in [0.1, 0.15) is 46.7 Å². The quantitative estimate of drug-likeness (QED) is 0.312. The van der Waals surface area contributed by atoms with E-state index >= 15 is 0 Å². The van der Waals surface area contributed by atoms with E-state index in [4.69, 9.17) is 9.72 Å². The summed E-state index contributed by atoms with van der Waals surface area (Å²) in [6, 6.07) is 19.8. The standard InChI is InChI=1S/C28H32N4O2/c1-21-11-9-15-26(22(21)2)34-20-8-7-19-32-25-14-4-3-12-23(25)31-27(32)16-10-18-30-28(33)24-13-5-6-17-29-24/h3-6,9,11-15,17H,7-8,10,16,18-20H2,1-2H3,(H,30,33). The van der Waals surface area contributed by atoms with Gasteiger partial charge < -0.3 is 14.6 Å². The third-order valence-electron chi connectivity index (χ3n) is 6.08. The molecule has 0 bridgehead atoms. The molecule has 6 nitrogen and oxygen atoms in total. The maximum Gasteiger partial charge on any atom is 0.269 e. The molecule has 2 aromatic carbocycles. The fraction of sp³-hybridized carbons (Fsp3) is 0.321. The van der Waals surface area contributed by atoms with Crippen LogP contribution in [0, 0.1) is 13.8 Å². The van der Waals surface area contributed by atoms with Crippen LogP contribution in [0.5, 0.6) is 5.75 Å². The first-order valence-electron chi connectivity index (χ1n) is 12.0. The Balaban J connectivity index is 1.30. The van der Waals surface area contributed by atoms with Gasteiger partial charge in [0.1, 0.15) is 17.3 Å². The van der Waals surface area contributed by atoms with Crippen LogP contribution in [0.3, 0.4) is 0 Å². The zero-order chi connectivity index (χ0) is 23.8. The summed E-state index contributed by atoms with van der Waals surface area (Å²) in [5.41, 5.74) is 5.08. The SMILES string of the molecule is Cc1cccc(OCCCCn2c(CCCNC(=O)c3ccccn3)nc3ccccc32)c1C. The number of aromatic nitrogens is 3. The second kappa shape index (κ2) is 11.5. The van der Waals surface area contributed by atoms with Crippen LogP contribution >= 0.6 is 0 Å². The Labute approximate surface area is 201 Å². The second-order valence-corrected chi connectivity index (χ2v) is 8.50. The molecule has 0 spiro atoms. The molecule has 0 aliphatic rings. The number of nitrogens with one attached hydrogen (secondary N) is 1. The van der Waals surface area contributed by atoms with Crippen molar-refractivity contribution < 1.29 is 9.53 Å². The van der Waals surface area contributed by atoms with Crippen molar-refractivity contribution in [3.63, 3.8) is 0 Å². The second-order valence-electron chi connectivity index (χ2n) is 8.50. The zero-order valence-corrected chi connectivity index (χ0v) is 20.0. The smallest absolute Gasteiger partial charge is 0.269 e. The van der Waals surface area contributed by atoms with Gasteiger partial charge in [-0.15, -0.1) is 0 Å². The van der Waals surface area contributed by atoms with Gasteiger partial charge in [-0.2, -0.15) is 0 Å². The highest BCUT2D eigenvalue weighted by Crippen LogP contribution is 2.21. The summed E-state index contributed by atoms with van der Waals surface area (Å²) in [7, 11) is 0. The first kappa shape index (κ1) is 23.5. The molecular formula is C28H32N4O2. The van der Waals surface area contributed by atoms with Crippen molar-refractivity contribution in [2.45, 2.75) is 46.1 Å². The maximum atomic E-state index is 12.2. The van der Waals surface area contributed by atoms with Crippen LogP contribution in [0.2, 0.25) is 0 Å². The number of imidazole rings is 1. The fourth-order valence-electron chi connectivity index (χ4n) is 4.04. The van der Waals surface area contributed by atoms with Crippen molar-refractivity contribution in [3.8, 4) is 5.75 Å². The van der Waals surface area contributed by atoms with E-state index in [0.29, 0.717) is 18.8 Å². The molecule has 0 saturated heterocycles. The Morgan fingerprint density at radius 1 is 0.971 bits per heavy atom. The highest BCUT2D eigenvalue weighted by molar-refractivity contribution is 5.92. The molecular weight excluding hydrogens is 424 g/mol. The fourth-order valence-corrected chi connectivity index (χ4v) is 4.04. The Morgan fingerprint density at radius 3 is 2.68 bits per heavy atom.